The van der Waals surface area contributed by atoms with Gasteiger partial charge in [-0.3, -0.25) is 14.6 Å². The molecular formula is C16H18F3N3O3S. The van der Waals surface area contributed by atoms with Crippen molar-refractivity contribution >= 4 is 32.6 Å². The molecule has 0 unspecified atom stereocenters. The van der Waals surface area contributed by atoms with Crippen LogP contribution in [-0.2, 0) is 9.53 Å². The standard InChI is InChI=1S/C16H18F3N3O3S/c1-11(23)22(5-4-21-6-8-24-9-7-21)15-20-13-3-2-12(10-14(13)26-15)25-16(17,18)19/h2-3,10H,4-9H2,1H3. The van der Waals surface area contributed by atoms with Crippen LogP contribution in [0.1, 0.15) is 6.92 Å². The van der Waals surface area contributed by atoms with Crippen molar-refractivity contribution in [2.24, 2.45) is 0 Å². The minimum atomic E-state index is -4.75. The third kappa shape index (κ3) is 4.83. The van der Waals surface area contributed by atoms with E-state index in [9.17, 15) is 18.0 Å². The SMILES string of the molecule is CC(=O)N(CCN1CCOCC1)c1nc2ccc(OC(F)(F)F)cc2s1. The van der Waals surface area contributed by atoms with Gasteiger partial charge in [-0.05, 0) is 12.1 Å². The fraction of sp³-hybridized carbons (Fsp3) is 0.500. The van der Waals surface area contributed by atoms with E-state index in [2.05, 4.69) is 14.6 Å². The monoisotopic (exact) mass is 389 g/mol. The Morgan fingerprint density at radius 1 is 1.38 bits per heavy atom. The van der Waals surface area contributed by atoms with E-state index >= 15 is 0 Å². The summed E-state index contributed by atoms with van der Waals surface area (Å²) in [6.07, 6.45) is -4.75. The van der Waals surface area contributed by atoms with Crippen LogP contribution >= 0.6 is 11.3 Å². The van der Waals surface area contributed by atoms with Crippen molar-refractivity contribution in [1.29, 1.82) is 0 Å². The maximum Gasteiger partial charge on any atom is 0.573 e. The summed E-state index contributed by atoms with van der Waals surface area (Å²) in [4.78, 5) is 20.1. The van der Waals surface area contributed by atoms with E-state index < -0.39 is 6.36 Å². The molecule has 10 heteroatoms. The number of halogens is 3. The maximum absolute atomic E-state index is 12.4. The van der Waals surface area contributed by atoms with Crippen LogP contribution in [0.5, 0.6) is 5.75 Å². The van der Waals surface area contributed by atoms with Gasteiger partial charge in [0.2, 0.25) is 5.91 Å². The number of fused-ring (bicyclic) bond motifs is 1. The molecule has 0 atom stereocenters. The lowest BCUT2D eigenvalue weighted by Crippen LogP contribution is -2.42. The quantitative estimate of drug-likeness (QED) is 0.787. The number of ether oxygens (including phenoxy) is 2. The lowest BCUT2D eigenvalue weighted by molar-refractivity contribution is -0.274. The van der Waals surface area contributed by atoms with Gasteiger partial charge in [0.15, 0.2) is 5.13 Å². The van der Waals surface area contributed by atoms with Crippen molar-refractivity contribution in [3.63, 3.8) is 0 Å². The number of aromatic nitrogens is 1. The van der Waals surface area contributed by atoms with E-state index in [1.165, 1.54) is 25.1 Å². The fourth-order valence-electron chi connectivity index (χ4n) is 2.66. The zero-order chi connectivity index (χ0) is 18.7. The van der Waals surface area contributed by atoms with Crippen LogP contribution in [0.25, 0.3) is 10.2 Å². The largest absolute Gasteiger partial charge is 0.573 e. The highest BCUT2D eigenvalue weighted by molar-refractivity contribution is 7.22. The molecule has 2 heterocycles. The summed E-state index contributed by atoms with van der Waals surface area (Å²) in [6.45, 7) is 5.55. The molecule has 1 fully saturated rings. The lowest BCUT2D eigenvalue weighted by atomic mass is 10.3. The van der Waals surface area contributed by atoms with E-state index in [0.29, 0.717) is 41.7 Å². The second kappa shape index (κ2) is 7.77. The average molecular weight is 389 g/mol. The topological polar surface area (TPSA) is 54.9 Å². The first-order chi connectivity index (χ1) is 12.3. The van der Waals surface area contributed by atoms with Crippen LogP contribution in [0, 0.1) is 0 Å². The summed E-state index contributed by atoms with van der Waals surface area (Å²) in [5, 5.41) is 0.463. The molecule has 1 aromatic carbocycles. The second-order valence-corrected chi connectivity index (χ2v) is 6.81. The lowest BCUT2D eigenvalue weighted by Gasteiger charge is -2.28. The minimum Gasteiger partial charge on any atom is -0.406 e. The molecule has 0 spiro atoms. The van der Waals surface area contributed by atoms with Gasteiger partial charge in [0.1, 0.15) is 5.75 Å². The Labute approximate surface area is 152 Å². The molecule has 1 saturated heterocycles. The van der Waals surface area contributed by atoms with Gasteiger partial charge in [0.25, 0.3) is 0 Å². The predicted octanol–water partition coefficient (Wildman–Crippen LogP) is 2.88. The number of nitrogens with zero attached hydrogens (tertiary/aromatic N) is 3. The Kier molecular flexibility index (Phi) is 5.64. The number of hydrogen-bond acceptors (Lipinski definition) is 6. The van der Waals surface area contributed by atoms with Gasteiger partial charge in [-0.2, -0.15) is 0 Å². The van der Waals surface area contributed by atoms with Crippen molar-refractivity contribution < 1.29 is 27.4 Å². The summed E-state index contributed by atoms with van der Waals surface area (Å²) in [5.74, 6) is -0.466. The molecule has 142 valence electrons. The predicted molar refractivity (Wildman–Crippen MR) is 91.6 cm³/mol. The zero-order valence-electron chi connectivity index (χ0n) is 14.1. The molecular weight excluding hydrogens is 371 g/mol. The normalized spacial score (nSPS) is 16.0. The Morgan fingerprint density at radius 2 is 2.12 bits per heavy atom. The first-order valence-corrected chi connectivity index (χ1v) is 8.88. The number of benzene rings is 1. The number of alkyl halides is 3. The number of rotatable bonds is 5. The number of carbonyl (C=O) groups excluding carboxylic acids is 1. The van der Waals surface area contributed by atoms with Crippen LogP contribution in [0.4, 0.5) is 18.3 Å². The zero-order valence-corrected chi connectivity index (χ0v) is 14.9. The van der Waals surface area contributed by atoms with Gasteiger partial charge in [0.05, 0.1) is 23.4 Å². The van der Waals surface area contributed by atoms with Crippen molar-refractivity contribution in [3.8, 4) is 5.75 Å². The van der Waals surface area contributed by atoms with Gasteiger partial charge < -0.3 is 9.47 Å². The van der Waals surface area contributed by atoms with E-state index in [1.54, 1.807) is 4.90 Å². The van der Waals surface area contributed by atoms with Gasteiger partial charge in [-0.15, -0.1) is 13.2 Å². The Hall–Kier alpha value is -1.91. The Morgan fingerprint density at radius 3 is 2.77 bits per heavy atom. The molecule has 0 N–H and O–H groups in total. The van der Waals surface area contributed by atoms with Gasteiger partial charge >= 0.3 is 6.36 Å². The smallest absolute Gasteiger partial charge is 0.406 e. The highest BCUT2D eigenvalue weighted by Gasteiger charge is 2.31. The molecule has 26 heavy (non-hydrogen) atoms. The summed E-state index contributed by atoms with van der Waals surface area (Å²) >= 11 is 1.16. The number of thiazole rings is 1. The van der Waals surface area contributed by atoms with E-state index in [-0.39, 0.29) is 11.7 Å². The third-order valence-electron chi connectivity index (χ3n) is 3.94. The summed E-state index contributed by atoms with van der Waals surface area (Å²) in [6, 6.07) is 3.95. The molecule has 0 aliphatic carbocycles. The Balaban J connectivity index is 1.75. The van der Waals surface area contributed by atoms with Gasteiger partial charge in [0, 0.05) is 39.2 Å². The summed E-state index contributed by atoms with van der Waals surface area (Å²) in [7, 11) is 0. The molecule has 1 amide bonds. The maximum atomic E-state index is 12.4. The average Bonchev–Trinajstić information content (AvgIpc) is 2.97. The molecule has 3 rings (SSSR count). The molecule has 2 aromatic rings. The van der Waals surface area contributed by atoms with Crippen LogP contribution in [0.2, 0.25) is 0 Å². The highest BCUT2D eigenvalue weighted by atomic mass is 32.1. The van der Waals surface area contributed by atoms with Crippen LogP contribution < -0.4 is 9.64 Å². The van der Waals surface area contributed by atoms with Crippen molar-refractivity contribution in [3.05, 3.63) is 18.2 Å². The second-order valence-electron chi connectivity index (χ2n) is 5.80. The van der Waals surface area contributed by atoms with Crippen molar-refractivity contribution in [2.45, 2.75) is 13.3 Å². The number of anilines is 1. The molecule has 1 aliphatic heterocycles. The summed E-state index contributed by atoms with van der Waals surface area (Å²) < 4.78 is 46.8. The number of morpholine rings is 1. The molecule has 1 aliphatic rings. The molecule has 1 aromatic heterocycles. The third-order valence-corrected chi connectivity index (χ3v) is 4.98. The number of hydrogen-bond donors (Lipinski definition) is 0. The summed E-state index contributed by atoms with van der Waals surface area (Å²) in [5.41, 5.74) is 0.525. The Bertz CT molecular complexity index is 775. The van der Waals surface area contributed by atoms with Crippen molar-refractivity contribution in [2.75, 3.05) is 44.3 Å². The van der Waals surface area contributed by atoms with E-state index in [0.717, 1.165) is 24.4 Å². The first-order valence-electron chi connectivity index (χ1n) is 8.06. The van der Waals surface area contributed by atoms with Crippen LogP contribution in [0.3, 0.4) is 0 Å². The van der Waals surface area contributed by atoms with Crippen LogP contribution in [-0.4, -0.2) is 61.5 Å². The molecule has 6 nitrogen and oxygen atoms in total. The van der Waals surface area contributed by atoms with E-state index in [4.69, 9.17) is 4.74 Å². The number of amides is 1. The van der Waals surface area contributed by atoms with Crippen LogP contribution in [0.15, 0.2) is 18.2 Å². The molecule has 0 saturated carbocycles. The van der Waals surface area contributed by atoms with E-state index in [1.807, 2.05) is 0 Å². The molecule has 0 radical (unpaired) electrons. The van der Waals surface area contributed by atoms with Gasteiger partial charge in [-0.25, -0.2) is 4.98 Å². The van der Waals surface area contributed by atoms with Gasteiger partial charge in [-0.1, -0.05) is 11.3 Å². The molecule has 0 bridgehead atoms. The fourth-order valence-corrected chi connectivity index (χ4v) is 3.72. The first kappa shape index (κ1) is 18.9. The highest BCUT2D eigenvalue weighted by Crippen LogP contribution is 2.33. The number of carbonyl (C=O) groups is 1. The van der Waals surface area contributed by atoms with Crippen molar-refractivity contribution in [1.82, 2.24) is 9.88 Å². The minimum absolute atomic E-state index is 0.163.